The molecule has 0 radical (unpaired) electrons. The van der Waals surface area contributed by atoms with Gasteiger partial charge in [0.1, 0.15) is 0 Å². The Kier molecular flexibility index (Phi) is 7.86. The number of rotatable bonds is 6. The zero-order chi connectivity index (χ0) is 28.2. The van der Waals surface area contributed by atoms with Crippen molar-refractivity contribution >= 4 is 23.2 Å². The molecule has 1 aliphatic heterocycles. The van der Waals surface area contributed by atoms with Gasteiger partial charge in [-0.15, -0.1) is 0 Å². The highest BCUT2D eigenvalue weighted by Crippen LogP contribution is 2.69. The third-order valence-electron chi connectivity index (χ3n) is 12.8. The molecular weight excluding hydrogens is 506 g/mol. The molecule has 0 bridgehead atoms. The van der Waals surface area contributed by atoms with E-state index in [4.69, 9.17) is 0 Å². The molecule has 0 spiro atoms. The largest absolute Gasteiger partial charge is 0.308 e. The summed E-state index contributed by atoms with van der Waals surface area (Å²) in [4.78, 5) is 16.1. The average molecular weight is 560 g/mol. The van der Waals surface area contributed by atoms with Crippen LogP contribution in [0.3, 0.4) is 0 Å². The lowest BCUT2D eigenvalue weighted by Gasteiger charge is -2.61. The van der Waals surface area contributed by atoms with E-state index >= 15 is 0 Å². The number of anilines is 1. The molecule has 2 nitrogen and oxygen atoms in total. The number of nitrogens with zero attached hydrogens (tertiary/aromatic N) is 1. The minimum absolute atomic E-state index is 0.251. The summed E-state index contributed by atoms with van der Waals surface area (Å²) in [5, 5.41) is 3.43. The average Bonchev–Trinajstić information content (AvgIpc) is 3.48. The highest BCUT2D eigenvalue weighted by Gasteiger charge is 2.61. The Morgan fingerprint density at radius 1 is 0.950 bits per heavy atom. The molecule has 3 heteroatoms. The summed E-state index contributed by atoms with van der Waals surface area (Å²) in [6.07, 6.45) is 14.3. The lowest BCUT2D eigenvalue weighted by molar-refractivity contribution is -0.133. The van der Waals surface area contributed by atoms with Crippen LogP contribution in [0.1, 0.15) is 112 Å². The van der Waals surface area contributed by atoms with Gasteiger partial charge in [-0.3, -0.25) is 4.79 Å². The van der Waals surface area contributed by atoms with Gasteiger partial charge < -0.3 is 4.90 Å². The molecule has 0 N–H and O–H groups in total. The number of benzene rings is 1. The summed E-state index contributed by atoms with van der Waals surface area (Å²) in [7, 11) is 0. The zero-order valence-corrected chi connectivity index (χ0v) is 26.9. The second-order valence-corrected chi connectivity index (χ2v) is 16.2. The van der Waals surface area contributed by atoms with Crippen LogP contribution in [0.4, 0.5) is 5.69 Å². The van der Waals surface area contributed by atoms with Crippen LogP contribution in [0.15, 0.2) is 52.0 Å². The quantitative estimate of drug-likeness (QED) is 0.323. The Labute approximate surface area is 248 Å². The fraction of sp³-hybridized carbons (Fsp3) is 0.703. The third kappa shape index (κ3) is 4.75. The van der Waals surface area contributed by atoms with Crippen molar-refractivity contribution in [1.82, 2.24) is 0 Å². The first-order chi connectivity index (χ1) is 19.1. The summed E-state index contributed by atoms with van der Waals surface area (Å²) < 4.78 is 0. The maximum absolute atomic E-state index is 13.8. The van der Waals surface area contributed by atoms with Gasteiger partial charge in [-0.25, -0.2) is 0 Å². The van der Waals surface area contributed by atoms with E-state index in [1.807, 2.05) is 0 Å². The van der Waals surface area contributed by atoms with Crippen LogP contribution in [0.5, 0.6) is 0 Å². The van der Waals surface area contributed by atoms with Crippen LogP contribution in [0.25, 0.3) is 0 Å². The van der Waals surface area contributed by atoms with Crippen molar-refractivity contribution < 1.29 is 4.79 Å². The molecule has 0 amide bonds. The first-order valence-corrected chi connectivity index (χ1v) is 17.5. The molecule has 4 fully saturated rings. The molecule has 4 aliphatic carbocycles. The summed E-state index contributed by atoms with van der Waals surface area (Å²) >= 11 is 1.78. The predicted molar refractivity (Wildman–Crippen MR) is 171 cm³/mol. The smallest absolute Gasteiger partial charge is 0.161 e. The maximum Gasteiger partial charge on any atom is 0.161 e. The lowest BCUT2D eigenvalue weighted by Crippen LogP contribution is -2.54. The molecule has 1 heterocycles. The highest BCUT2D eigenvalue weighted by atomic mass is 32.2. The first kappa shape index (κ1) is 28.6. The minimum Gasteiger partial charge on any atom is -0.308 e. The summed E-state index contributed by atoms with van der Waals surface area (Å²) in [5.41, 5.74) is 4.31. The van der Waals surface area contributed by atoms with E-state index in [9.17, 15) is 4.79 Å². The van der Waals surface area contributed by atoms with Crippen molar-refractivity contribution in [3.63, 3.8) is 0 Å². The van der Waals surface area contributed by atoms with Gasteiger partial charge in [0.25, 0.3) is 0 Å². The molecule has 218 valence electrons. The number of ketones is 1. The molecule has 6 rings (SSSR count). The summed E-state index contributed by atoms with van der Waals surface area (Å²) in [5.74, 6) is 6.10. The predicted octanol–water partition coefficient (Wildman–Crippen LogP) is 10.6. The van der Waals surface area contributed by atoms with E-state index in [0.29, 0.717) is 17.1 Å². The number of para-hydroxylation sites is 1. The number of hydrogen-bond acceptors (Lipinski definition) is 3. The molecule has 40 heavy (non-hydrogen) atoms. The number of carbonyl (C=O) groups is 1. The highest BCUT2D eigenvalue weighted by molar-refractivity contribution is 8.06. The van der Waals surface area contributed by atoms with Crippen molar-refractivity contribution in [2.45, 2.75) is 112 Å². The van der Waals surface area contributed by atoms with E-state index in [-0.39, 0.29) is 5.41 Å². The molecule has 1 aromatic carbocycles. The van der Waals surface area contributed by atoms with Crippen LogP contribution >= 0.6 is 11.8 Å². The van der Waals surface area contributed by atoms with Crippen LogP contribution < -0.4 is 4.90 Å². The van der Waals surface area contributed by atoms with Crippen LogP contribution in [0, 0.1) is 52.3 Å². The SMILES string of the molecule is CC1=CS/C(=C2\C[C@@]3(C)[C@@H](CC[C@@H]4[C@@H]3CC[C@]3(C)[C@@H]([C@H](C)CCCC(C)C)CC[C@@H]43)CC2=O)N1c1ccccc1. The van der Waals surface area contributed by atoms with E-state index in [1.165, 1.54) is 74.2 Å². The van der Waals surface area contributed by atoms with Gasteiger partial charge in [0, 0.05) is 23.4 Å². The number of hydrogen-bond donors (Lipinski definition) is 0. The Morgan fingerprint density at radius 2 is 1.70 bits per heavy atom. The lowest BCUT2D eigenvalue weighted by atomic mass is 9.44. The maximum atomic E-state index is 13.8. The normalized spacial score (nSPS) is 40.1. The Balaban J connectivity index is 1.25. The van der Waals surface area contributed by atoms with Gasteiger partial charge in [-0.1, -0.05) is 83.8 Å². The Bertz CT molecular complexity index is 1170. The van der Waals surface area contributed by atoms with Crippen LogP contribution in [-0.4, -0.2) is 5.78 Å². The second kappa shape index (κ2) is 11.0. The topological polar surface area (TPSA) is 20.3 Å². The molecule has 1 aromatic rings. The molecule has 0 unspecified atom stereocenters. The number of allylic oxidation sites excluding steroid dienone is 2. The first-order valence-electron chi connectivity index (χ1n) is 16.6. The van der Waals surface area contributed by atoms with Gasteiger partial charge in [-0.05, 0) is 122 Å². The zero-order valence-electron chi connectivity index (χ0n) is 26.0. The number of Topliss-reactive ketones (excluding diaryl/α,β-unsaturated/α-hetero) is 1. The molecule has 0 saturated heterocycles. The van der Waals surface area contributed by atoms with Gasteiger partial charge in [-0.2, -0.15) is 0 Å². The van der Waals surface area contributed by atoms with E-state index < -0.39 is 0 Å². The minimum atomic E-state index is 0.251. The standard InChI is InChI=1S/C37H53NOS/c1-24(2)11-10-12-25(3)31-17-18-32-29-16-15-27-21-34(39)30(22-37(27,6)33(29)19-20-36(31,32)5)35-38(26(4)23-40-35)28-13-8-7-9-14-28/h7-9,13-14,23-25,27,29,31-33H,10-12,15-22H2,1-6H3/b35-30+/t25-,27+,29+,31-,32+,33+,36-,37+/m1/s1. The van der Waals surface area contributed by atoms with Crippen molar-refractivity contribution in [3.8, 4) is 0 Å². The van der Waals surface area contributed by atoms with Crippen molar-refractivity contribution in [1.29, 1.82) is 0 Å². The summed E-state index contributed by atoms with van der Waals surface area (Å²) in [6, 6.07) is 10.7. The number of thioether (sulfide) groups is 1. The molecule has 5 aliphatic rings. The third-order valence-corrected chi connectivity index (χ3v) is 13.9. The van der Waals surface area contributed by atoms with Gasteiger partial charge in [0.15, 0.2) is 5.78 Å². The Hall–Kier alpha value is -1.48. The molecule has 0 aromatic heterocycles. The van der Waals surface area contributed by atoms with Gasteiger partial charge in [0.2, 0.25) is 0 Å². The van der Waals surface area contributed by atoms with E-state index in [0.717, 1.165) is 53.9 Å². The number of fused-ring (bicyclic) bond motifs is 5. The van der Waals surface area contributed by atoms with Gasteiger partial charge >= 0.3 is 0 Å². The fourth-order valence-electron chi connectivity index (χ4n) is 10.7. The monoisotopic (exact) mass is 559 g/mol. The van der Waals surface area contributed by atoms with Gasteiger partial charge in [0.05, 0.1) is 5.03 Å². The van der Waals surface area contributed by atoms with Crippen LogP contribution in [0.2, 0.25) is 0 Å². The molecule has 8 atom stereocenters. The van der Waals surface area contributed by atoms with E-state index in [2.05, 4.69) is 82.2 Å². The number of carbonyl (C=O) groups excluding carboxylic acids is 1. The Morgan fingerprint density at radius 3 is 2.45 bits per heavy atom. The summed E-state index contributed by atoms with van der Waals surface area (Å²) in [6.45, 7) is 14.8. The molecular formula is C37H53NOS. The van der Waals surface area contributed by atoms with Crippen LogP contribution in [-0.2, 0) is 4.79 Å². The van der Waals surface area contributed by atoms with Crippen molar-refractivity contribution in [2.24, 2.45) is 52.3 Å². The van der Waals surface area contributed by atoms with E-state index in [1.54, 1.807) is 11.8 Å². The second-order valence-electron chi connectivity index (χ2n) is 15.3. The van der Waals surface area contributed by atoms with Crippen molar-refractivity contribution in [2.75, 3.05) is 4.90 Å². The molecule has 4 saturated carbocycles. The van der Waals surface area contributed by atoms with Crippen molar-refractivity contribution in [3.05, 3.63) is 52.0 Å². The fourth-order valence-corrected chi connectivity index (χ4v) is 11.8.